The molecule has 0 spiro atoms. The van der Waals surface area contributed by atoms with Gasteiger partial charge in [0.2, 0.25) is 0 Å². The molecule has 1 aromatic carbocycles. The van der Waals surface area contributed by atoms with Gasteiger partial charge in [-0.25, -0.2) is 4.79 Å². The molecule has 1 saturated heterocycles. The zero-order valence-electron chi connectivity index (χ0n) is 17.5. The predicted molar refractivity (Wildman–Crippen MR) is 117 cm³/mol. The Morgan fingerprint density at radius 1 is 1.24 bits per heavy atom. The molecule has 2 aliphatic rings. The number of urea groups is 1. The molecule has 0 aromatic heterocycles. The average Bonchev–Trinajstić information content (AvgIpc) is 2.73. The lowest BCUT2D eigenvalue weighted by atomic mass is 9.98. The number of halogens is 1. The van der Waals surface area contributed by atoms with E-state index in [1.165, 1.54) is 32.1 Å². The fourth-order valence-corrected chi connectivity index (χ4v) is 3.89. The Bertz CT molecular complexity index is 690. The zero-order valence-corrected chi connectivity index (χ0v) is 18.3. The van der Waals surface area contributed by atoms with E-state index >= 15 is 0 Å². The summed E-state index contributed by atoms with van der Waals surface area (Å²) < 4.78 is 5.48. The van der Waals surface area contributed by atoms with Crippen molar-refractivity contribution in [3.05, 3.63) is 28.3 Å². The van der Waals surface area contributed by atoms with Crippen molar-refractivity contribution in [3.63, 3.8) is 0 Å². The highest BCUT2D eigenvalue weighted by molar-refractivity contribution is 6.32. The van der Waals surface area contributed by atoms with Gasteiger partial charge in [0.15, 0.2) is 0 Å². The monoisotopic (exact) mass is 420 g/mol. The Labute approximate surface area is 179 Å². The van der Waals surface area contributed by atoms with Gasteiger partial charge in [-0.3, -0.25) is 0 Å². The number of hydrogen-bond donors (Lipinski definition) is 3. The normalized spacial score (nSPS) is 17.6. The highest BCUT2D eigenvalue weighted by Gasteiger charge is 2.16. The molecule has 6 nitrogen and oxygen atoms in total. The maximum absolute atomic E-state index is 11.9. The standard InChI is InChI=1S/C14H17ClN4O.C8H16O/c1-9-6-10(8-16)12(15)7-13(9)19-14(20)18-11-2-4-17-5-3-11;1-2-9-8-6-4-3-5-7-8/h6-7,11,17H,2-5H2,1H3,(H2,18,19,20);8H,2-7H2,1H3. The molecule has 1 saturated carbocycles. The van der Waals surface area contributed by atoms with Crippen LogP contribution in [0.3, 0.4) is 0 Å². The summed E-state index contributed by atoms with van der Waals surface area (Å²) in [6.45, 7) is 6.65. The van der Waals surface area contributed by atoms with Crippen LogP contribution in [0.5, 0.6) is 0 Å². The third-order valence-electron chi connectivity index (χ3n) is 5.31. The number of benzene rings is 1. The molecule has 0 radical (unpaired) electrons. The van der Waals surface area contributed by atoms with Crippen LogP contribution in [0.4, 0.5) is 10.5 Å². The van der Waals surface area contributed by atoms with Crippen molar-refractivity contribution >= 4 is 23.3 Å². The van der Waals surface area contributed by atoms with Crippen LogP contribution in [0.2, 0.25) is 5.02 Å². The Morgan fingerprint density at radius 3 is 2.55 bits per heavy atom. The van der Waals surface area contributed by atoms with Gasteiger partial charge < -0.3 is 20.7 Å². The first kappa shape index (κ1) is 23.5. The highest BCUT2D eigenvalue weighted by atomic mass is 35.5. The van der Waals surface area contributed by atoms with Crippen molar-refractivity contribution in [2.45, 2.75) is 70.9 Å². The van der Waals surface area contributed by atoms with Gasteiger partial charge in [0, 0.05) is 18.3 Å². The van der Waals surface area contributed by atoms with Crippen LogP contribution in [-0.4, -0.2) is 37.9 Å². The number of amides is 2. The molecular formula is C22H33ClN4O2. The molecule has 1 aliphatic carbocycles. The third-order valence-corrected chi connectivity index (χ3v) is 5.62. The molecular weight excluding hydrogens is 388 g/mol. The molecule has 2 fully saturated rings. The summed E-state index contributed by atoms with van der Waals surface area (Å²) >= 11 is 5.97. The first-order valence-corrected chi connectivity index (χ1v) is 11.0. The number of anilines is 1. The number of carbonyl (C=O) groups excluding carboxylic acids is 1. The number of piperidine rings is 1. The average molecular weight is 421 g/mol. The van der Waals surface area contributed by atoms with Crippen LogP contribution in [0.15, 0.2) is 12.1 Å². The topological polar surface area (TPSA) is 86.2 Å². The molecule has 3 rings (SSSR count). The second kappa shape index (κ2) is 12.7. The first-order valence-electron chi connectivity index (χ1n) is 10.6. The Hall–Kier alpha value is -1.81. The Balaban J connectivity index is 0.000000278. The molecule has 1 heterocycles. The fraction of sp³-hybridized carbons (Fsp3) is 0.636. The summed E-state index contributed by atoms with van der Waals surface area (Å²) in [5.74, 6) is 0. The van der Waals surface area contributed by atoms with Crippen molar-refractivity contribution < 1.29 is 9.53 Å². The summed E-state index contributed by atoms with van der Waals surface area (Å²) in [6.07, 6.45) is 9.24. The van der Waals surface area contributed by atoms with Crippen molar-refractivity contribution in [3.8, 4) is 6.07 Å². The molecule has 3 N–H and O–H groups in total. The van der Waals surface area contributed by atoms with Crippen LogP contribution < -0.4 is 16.0 Å². The van der Waals surface area contributed by atoms with Crippen LogP contribution in [0.1, 0.15) is 63.0 Å². The molecule has 0 atom stereocenters. The van der Waals surface area contributed by atoms with Gasteiger partial charge >= 0.3 is 6.03 Å². The van der Waals surface area contributed by atoms with E-state index in [9.17, 15) is 4.79 Å². The number of nitriles is 1. The number of carbonyl (C=O) groups is 1. The van der Waals surface area contributed by atoms with Gasteiger partial charge in [-0.1, -0.05) is 30.9 Å². The van der Waals surface area contributed by atoms with E-state index < -0.39 is 0 Å². The van der Waals surface area contributed by atoms with Crippen molar-refractivity contribution in [2.75, 3.05) is 25.0 Å². The van der Waals surface area contributed by atoms with Crippen LogP contribution in [-0.2, 0) is 4.74 Å². The van der Waals surface area contributed by atoms with Crippen LogP contribution in [0.25, 0.3) is 0 Å². The quantitative estimate of drug-likeness (QED) is 0.656. The maximum Gasteiger partial charge on any atom is 0.319 e. The van der Waals surface area contributed by atoms with E-state index in [1.54, 1.807) is 12.1 Å². The number of hydrogen-bond acceptors (Lipinski definition) is 4. The summed E-state index contributed by atoms with van der Waals surface area (Å²) in [6, 6.07) is 5.26. The van der Waals surface area contributed by atoms with E-state index in [0.29, 0.717) is 22.4 Å². The van der Waals surface area contributed by atoms with Gasteiger partial charge in [-0.2, -0.15) is 5.26 Å². The number of rotatable bonds is 4. The van der Waals surface area contributed by atoms with E-state index in [4.69, 9.17) is 21.6 Å². The van der Waals surface area contributed by atoms with Crippen molar-refractivity contribution in [1.82, 2.24) is 10.6 Å². The van der Waals surface area contributed by atoms with E-state index in [2.05, 4.69) is 22.9 Å². The van der Waals surface area contributed by atoms with Gasteiger partial charge in [-0.05, 0) is 70.3 Å². The second-order valence-corrected chi connectivity index (χ2v) is 8.00. The van der Waals surface area contributed by atoms with Crippen molar-refractivity contribution in [1.29, 1.82) is 5.26 Å². The molecule has 160 valence electrons. The maximum atomic E-state index is 11.9. The summed E-state index contributed by atoms with van der Waals surface area (Å²) in [5, 5.41) is 18.2. The minimum absolute atomic E-state index is 0.199. The number of nitrogens with one attached hydrogen (secondary N) is 3. The second-order valence-electron chi connectivity index (χ2n) is 7.60. The summed E-state index contributed by atoms with van der Waals surface area (Å²) in [5.41, 5.74) is 1.85. The predicted octanol–water partition coefficient (Wildman–Crippen LogP) is 4.75. The lowest BCUT2D eigenvalue weighted by molar-refractivity contribution is 0.0368. The van der Waals surface area contributed by atoms with E-state index in [0.717, 1.165) is 38.1 Å². The highest BCUT2D eigenvalue weighted by Crippen LogP contribution is 2.24. The van der Waals surface area contributed by atoms with E-state index in [-0.39, 0.29) is 12.1 Å². The Kier molecular flexibility index (Phi) is 10.3. The van der Waals surface area contributed by atoms with Gasteiger partial charge in [0.1, 0.15) is 6.07 Å². The lowest BCUT2D eigenvalue weighted by Crippen LogP contribution is -2.44. The summed E-state index contributed by atoms with van der Waals surface area (Å²) in [4.78, 5) is 11.9. The Morgan fingerprint density at radius 2 is 1.93 bits per heavy atom. The van der Waals surface area contributed by atoms with Crippen molar-refractivity contribution in [2.24, 2.45) is 0 Å². The fourth-order valence-electron chi connectivity index (χ4n) is 3.68. The SMILES string of the molecule is CCOC1CCCCC1.Cc1cc(C#N)c(Cl)cc1NC(=O)NC1CCNCC1. The first-order chi connectivity index (χ1) is 14.0. The van der Waals surface area contributed by atoms with Gasteiger partial charge in [-0.15, -0.1) is 0 Å². The zero-order chi connectivity index (χ0) is 21.1. The van der Waals surface area contributed by atoms with Crippen LogP contribution >= 0.6 is 11.6 Å². The molecule has 29 heavy (non-hydrogen) atoms. The largest absolute Gasteiger partial charge is 0.379 e. The molecule has 1 aliphatic heterocycles. The molecule has 1 aromatic rings. The minimum atomic E-state index is -0.235. The number of aryl methyl sites for hydroxylation is 1. The summed E-state index contributed by atoms with van der Waals surface area (Å²) in [7, 11) is 0. The molecule has 0 bridgehead atoms. The lowest BCUT2D eigenvalue weighted by Gasteiger charge is -2.24. The smallest absolute Gasteiger partial charge is 0.319 e. The third kappa shape index (κ3) is 8.22. The van der Waals surface area contributed by atoms with Crippen LogP contribution in [0, 0.1) is 18.3 Å². The minimum Gasteiger partial charge on any atom is -0.379 e. The van der Waals surface area contributed by atoms with Gasteiger partial charge in [0.25, 0.3) is 0 Å². The number of ether oxygens (including phenoxy) is 1. The molecule has 7 heteroatoms. The molecule has 0 unspecified atom stereocenters. The van der Waals surface area contributed by atoms with E-state index in [1.807, 2.05) is 13.0 Å². The van der Waals surface area contributed by atoms with Gasteiger partial charge in [0.05, 0.1) is 16.7 Å². The number of nitrogens with zero attached hydrogens (tertiary/aromatic N) is 1. The molecule has 2 amide bonds.